The first kappa shape index (κ1) is 34.9. The molecule has 1 atom stereocenters. The third-order valence-corrected chi connectivity index (χ3v) is 6.64. The summed E-state index contributed by atoms with van der Waals surface area (Å²) in [5.41, 5.74) is 0.925. The van der Waals surface area contributed by atoms with E-state index in [9.17, 15) is 19.2 Å². The van der Waals surface area contributed by atoms with Gasteiger partial charge in [0, 0.05) is 13.6 Å². The predicted molar refractivity (Wildman–Crippen MR) is 156 cm³/mol. The molecular weight excluding hydrogens is 512 g/mol. The molecule has 1 aromatic carbocycles. The highest BCUT2D eigenvalue weighted by molar-refractivity contribution is 5.90. The zero-order valence-electron chi connectivity index (χ0n) is 24.4. The third-order valence-electron chi connectivity index (χ3n) is 6.64. The summed E-state index contributed by atoms with van der Waals surface area (Å²) in [5.74, 6) is -2.39. The van der Waals surface area contributed by atoms with Gasteiger partial charge in [0.15, 0.2) is 0 Å². The van der Waals surface area contributed by atoms with Crippen LogP contribution in [0, 0.1) is 0 Å². The minimum absolute atomic E-state index is 0.0694. The summed E-state index contributed by atoms with van der Waals surface area (Å²) in [5, 5.41) is 16.2. The number of amides is 4. The smallest absolute Gasteiger partial charge is 0.322 e. The van der Waals surface area contributed by atoms with E-state index in [0.29, 0.717) is 6.54 Å². The molecule has 0 unspecified atom stereocenters. The summed E-state index contributed by atoms with van der Waals surface area (Å²) in [6.45, 7) is 1.99. The lowest BCUT2D eigenvalue weighted by Gasteiger charge is -2.27. The number of carboxylic acids is 1. The van der Waals surface area contributed by atoms with Gasteiger partial charge in [0.05, 0.1) is 19.8 Å². The molecule has 40 heavy (non-hydrogen) atoms. The monoisotopic (exact) mass is 562 g/mol. The standard InChI is InChI=1S/C30H50N4O6/c1-3-4-5-6-7-8-9-10-11-12-13-17-20-31-30(39)34(2)26(24-40-23-25-18-15-14-16-19-25)29(38)33-21-27(35)32-22-28(36)37/h14-16,18-19,26H,3-13,17,20-24H2,1-2H3,(H,31,39)(H,32,35)(H,33,38)(H,36,37)/t26-/m1/s1. The molecule has 0 radical (unpaired) electrons. The van der Waals surface area contributed by atoms with Crippen LogP contribution in [0.1, 0.15) is 89.5 Å². The number of nitrogens with one attached hydrogen (secondary N) is 3. The first-order valence-corrected chi connectivity index (χ1v) is 14.7. The highest BCUT2D eigenvalue weighted by Gasteiger charge is 2.27. The molecule has 10 nitrogen and oxygen atoms in total. The Balaban J connectivity index is 2.40. The molecule has 0 saturated heterocycles. The molecule has 0 heterocycles. The van der Waals surface area contributed by atoms with Crippen molar-refractivity contribution in [2.24, 2.45) is 0 Å². The molecule has 0 fully saturated rings. The number of carbonyl (C=O) groups excluding carboxylic acids is 3. The number of hydrogen-bond donors (Lipinski definition) is 4. The van der Waals surface area contributed by atoms with Crippen LogP contribution in [0.4, 0.5) is 4.79 Å². The number of ether oxygens (including phenoxy) is 1. The molecule has 1 aromatic rings. The van der Waals surface area contributed by atoms with Crippen LogP contribution in [0.25, 0.3) is 0 Å². The number of likely N-dealkylation sites (N-methyl/N-ethyl adjacent to an activating group) is 1. The Bertz CT molecular complexity index is 852. The van der Waals surface area contributed by atoms with E-state index in [0.717, 1.165) is 24.8 Å². The number of urea groups is 1. The van der Waals surface area contributed by atoms with Gasteiger partial charge < -0.3 is 30.7 Å². The molecule has 0 aliphatic heterocycles. The van der Waals surface area contributed by atoms with Gasteiger partial charge in [-0.1, -0.05) is 108 Å². The molecular formula is C30H50N4O6. The Hall–Kier alpha value is -3.14. The Labute approximate surface area is 239 Å². The second kappa shape index (κ2) is 22.7. The lowest BCUT2D eigenvalue weighted by atomic mass is 10.1. The van der Waals surface area contributed by atoms with Crippen molar-refractivity contribution in [1.29, 1.82) is 0 Å². The van der Waals surface area contributed by atoms with Crippen molar-refractivity contribution in [2.75, 3.05) is 33.3 Å². The number of aliphatic carboxylic acids is 1. The van der Waals surface area contributed by atoms with E-state index < -0.39 is 42.9 Å². The first-order valence-electron chi connectivity index (χ1n) is 14.7. The van der Waals surface area contributed by atoms with Crippen molar-refractivity contribution in [2.45, 2.75) is 96.6 Å². The van der Waals surface area contributed by atoms with Crippen LogP contribution in [0.3, 0.4) is 0 Å². The molecule has 4 N–H and O–H groups in total. The third kappa shape index (κ3) is 17.4. The maximum atomic E-state index is 12.9. The quantitative estimate of drug-likeness (QED) is 0.147. The maximum Gasteiger partial charge on any atom is 0.322 e. The zero-order chi connectivity index (χ0) is 29.4. The van der Waals surface area contributed by atoms with Crippen molar-refractivity contribution < 1.29 is 29.0 Å². The van der Waals surface area contributed by atoms with E-state index in [1.54, 1.807) is 0 Å². The second-order valence-electron chi connectivity index (χ2n) is 10.1. The topological polar surface area (TPSA) is 137 Å². The fourth-order valence-corrected chi connectivity index (χ4v) is 4.18. The number of carboxylic acid groups (broad SMARTS) is 1. The zero-order valence-corrected chi connectivity index (χ0v) is 24.4. The van der Waals surface area contributed by atoms with E-state index in [-0.39, 0.29) is 13.2 Å². The van der Waals surface area contributed by atoms with Crippen molar-refractivity contribution >= 4 is 23.8 Å². The SMILES string of the molecule is CCCCCCCCCCCCCCNC(=O)N(C)[C@H](COCc1ccccc1)C(=O)NCC(=O)NCC(=O)O. The van der Waals surface area contributed by atoms with Gasteiger partial charge in [0.25, 0.3) is 0 Å². The average Bonchev–Trinajstić information content (AvgIpc) is 2.95. The van der Waals surface area contributed by atoms with Gasteiger partial charge in [0.1, 0.15) is 12.6 Å². The average molecular weight is 563 g/mol. The van der Waals surface area contributed by atoms with Crippen molar-refractivity contribution in [3.63, 3.8) is 0 Å². The minimum atomic E-state index is -1.18. The largest absolute Gasteiger partial charge is 0.480 e. The van der Waals surface area contributed by atoms with E-state index in [4.69, 9.17) is 9.84 Å². The van der Waals surface area contributed by atoms with Gasteiger partial charge in [0.2, 0.25) is 11.8 Å². The number of nitrogens with zero attached hydrogens (tertiary/aromatic N) is 1. The van der Waals surface area contributed by atoms with E-state index in [1.807, 2.05) is 30.3 Å². The fourth-order valence-electron chi connectivity index (χ4n) is 4.18. The molecule has 0 saturated carbocycles. The number of carbonyl (C=O) groups is 4. The number of unbranched alkanes of at least 4 members (excludes halogenated alkanes) is 11. The highest BCUT2D eigenvalue weighted by atomic mass is 16.5. The molecule has 0 aliphatic carbocycles. The Morgan fingerprint density at radius 3 is 1.95 bits per heavy atom. The second-order valence-corrected chi connectivity index (χ2v) is 10.1. The summed E-state index contributed by atoms with van der Waals surface area (Å²) in [6, 6.07) is 8.07. The predicted octanol–water partition coefficient (Wildman–Crippen LogP) is 4.23. The molecule has 0 bridgehead atoms. The van der Waals surface area contributed by atoms with Gasteiger partial charge in [-0.05, 0) is 12.0 Å². The summed E-state index contributed by atoms with van der Waals surface area (Å²) < 4.78 is 5.72. The molecule has 0 spiro atoms. The van der Waals surface area contributed by atoms with Gasteiger partial charge in [-0.3, -0.25) is 14.4 Å². The Morgan fingerprint density at radius 2 is 1.38 bits per heavy atom. The van der Waals surface area contributed by atoms with Crippen molar-refractivity contribution in [1.82, 2.24) is 20.9 Å². The molecule has 1 rings (SSSR count). The Kier molecular flexibility index (Phi) is 19.8. The Morgan fingerprint density at radius 1 is 0.800 bits per heavy atom. The maximum absolute atomic E-state index is 12.9. The van der Waals surface area contributed by atoms with E-state index >= 15 is 0 Å². The lowest BCUT2D eigenvalue weighted by molar-refractivity contribution is -0.137. The van der Waals surface area contributed by atoms with Gasteiger partial charge in [-0.2, -0.15) is 0 Å². The van der Waals surface area contributed by atoms with Gasteiger partial charge in [-0.25, -0.2) is 4.79 Å². The molecule has 10 heteroatoms. The van der Waals surface area contributed by atoms with Gasteiger partial charge >= 0.3 is 12.0 Å². The fraction of sp³-hybridized carbons (Fsp3) is 0.667. The minimum Gasteiger partial charge on any atom is -0.480 e. The van der Waals surface area contributed by atoms with Gasteiger partial charge in [-0.15, -0.1) is 0 Å². The van der Waals surface area contributed by atoms with Crippen molar-refractivity contribution in [3.05, 3.63) is 35.9 Å². The van der Waals surface area contributed by atoms with Crippen LogP contribution in [0.2, 0.25) is 0 Å². The van der Waals surface area contributed by atoms with Crippen LogP contribution < -0.4 is 16.0 Å². The summed E-state index contributed by atoms with van der Waals surface area (Å²) >= 11 is 0. The number of benzene rings is 1. The normalized spacial score (nSPS) is 11.4. The van der Waals surface area contributed by atoms with Crippen molar-refractivity contribution in [3.8, 4) is 0 Å². The summed E-state index contributed by atoms with van der Waals surface area (Å²) in [6.07, 6.45) is 14.8. The molecule has 0 aliphatic rings. The summed E-state index contributed by atoms with van der Waals surface area (Å²) in [4.78, 5) is 49.3. The number of rotatable bonds is 23. The molecule has 0 aromatic heterocycles. The number of hydrogen-bond acceptors (Lipinski definition) is 5. The van der Waals surface area contributed by atoms with Crippen LogP contribution in [0.15, 0.2) is 30.3 Å². The first-order chi connectivity index (χ1) is 19.3. The van der Waals surface area contributed by atoms with Crippen LogP contribution >= 0.6 is 0 Å². The van der Waals surface area contributed by atoms with E-state index in [1.165, 1.54) is 69.7 Å². The summed E-state index contributed by atoms with van der Waals surface area (Å²) in [7, 11) is 1.51. The van der Waals surface area contributed by atoms with Crippen LogP contribution in [0.5, 0.6) is 0 Å². The lowest BCUT2D eigenvalue weighted by Crippen LogP contribution is -2.54. The highest BCUT2D eigenvalue weighted by Crippen LogP contribution is 2.12. The van der Waals surface area contributed by atoms with Crippen LogP contribution in [-0.2, 0) is 25.7 Å². The van der Waals surface area contributed by atoms with Crippen LogP contribution in [-0.4, -0.2) is 73.2 Å². The van der Waals surface area contributed by atoms with E-state index in [2.05, 4.69) is 22.9 Å². The molecule has 4 amide bonds. The molecule has 226 valence electrons.